The van der Waals surface area contributed by atoms with Crippen molar-refractivity contribution in [3.63, 3.8) is 0 Å². The molecule has 0 saturated heterocycles. The lowest BCUT2D eigenvalue weighted by atomic mass is 9.52. The number of halogens is 1. The average molecular weight is 478 g/mol. The zero-order valence-electron chi connectivity index (χ0n) is 18.8. The van der Waals surface area contributed by atoms with Crippen molar-refractivity contribution in [2.75, 3.05) is 5.33 Å². The van der Waals surface area contributed by atoms with Crippen LogP contribution in [0, 0.1) is 23.2 Å². The number of aliphatic hydroxyl groups is 1. The molecule has 2 nitrogen and oxygen atoms in total. The van der Waals surface area contributed by atoms with Gasteiger partial charge in [0.15, 0.2) is 0 Å². The van der Waals surface area contributed by atoms with Crippen LogP contribution >= 0.6 is 15.9 Å². The maximum atomic E-state index is 10.8. The summed E-state index contributed by atoms with van der Waals surface area (Å²) < 4.78 is 0. The van der Waals surface area contributed by atoms with E-state index in [1.807, 2.05) is 12.1 Å². The molecule has 0 bridgehead atoms. The number of hydrogen-bond donors (Lipinski definition) is 2. The van der Waals surface area contributed by atoms with Gasteiger partial charge in [-0.1, -0.05) is 67.4 Å². The van der Waals surface area contributed by atoms with E-state index >= 15 is 0 Å². The van der Waals surface area contributed by atoms with E-state index in [2.05, 4.69) is 28.9 Å². The Labute approximate surface area is 192 Å². The number of fused-ring (bicyclic) bond motifs is 5. The molecule has 2 fully saturated rings. The minimum atomic E-state index is -0.107. The smallest absolute Gasteiger partial charge is 0.115 e. The first kappa shape index (κ1) is 22.6. The predicted octanol–water partition coefficient (Wildman–Crippen LogP) is 7.35. The number of rotatable bonds is 9. The van der Waals surface area contributed by atoms with Gasteiger partial charge in [-0.05, 0) is 97.3 Å². The molecule has 0 amide bonds. The molecule has 3 aliphatic carbocycles. The summed E-state index contributed by atoms with van der Waals surface area (Å²) in [7, 11) is 0. The minimum Gasteiger partial charge on any atom is -0.508 e. The number of unbranched alkanes of at least 4 members (excludes halogenated alkanes) is 6. The summed E-state index contributed by atoms with van der Waals surface area (Å²) in [5.41, 5.74) is 3.03. The largest absolute Gasteiger partial charge is 0.508 e. The highest BCUT2D eigenvalue weighted by Gasteiger charge is 2.56. The molecule has 4 rings (SSSR count). The van der Waals surface area contributed by atoms with Crippen molar-refractivity contribution >= 4 is 15.9 Å². The third-order valence-corrected chi connectivity index (χ3v) is 9.60. The summed E-state index contributed by atoms with van der Waals surface area (Å²) in [6, 6.07) is 6.14. The molecule has 0 spiro atoms. The van der Waals surface area contributed by atoms with Crippen molar-refractivity contribution in [2.24, 2.45) is 23.2 Å². The van der Waals surface area contributed by atoms with E-state index in [0.717, 1.165) is 30.5 Å². The molecule has 3 unspecified atom stereocenters. The van der Waals surface area contributed by atoms with Crippen LogP contribution in [0.25, 0.3) is 0 Å². The molecule has 2 N–H and O–H groups in total. The number of aliphatic hydroxyl groups excluding tert-OH is 1. The summed E-state index contributed by atoms with van der Waals surface area (Å²) in [4.78, 5) is 0. The monoisotopic (exact) mass is 476 g/mol. The first-order valence-electron chi connectivity index (χ1n) is 12.6. The van der Waals surface area contributed by atoms with Crippen LogP contribution in [0.2, 0.25) is 0 Å². The summed E-state index contributed by atoms with van der Waals surface area (Å²) in [6.45, 7) is 2.38. The van der Waals surface area contributed by atoms with Gasteiger partial charge in [0.25, 0.3) is 0 Å². The predicted molar refractivity (Wildman–Crippen MR) is 128 cm³/mol. The molecule has 0 heterocycles. The van der Waals surface area contributed by atoms with Gasteiger partial charge in [0.05, 0.1) is 6.10 Å². The quantitative estimate of drug-likeness (QED) is 0.288. The third-order valence-electron chi connectivity index (χ3n) is 9.04. The summed E-state index contributed by atoms with van der Waals surface area (Å²) in [5, 5.41) is 22.0. The number of phenolic OH excluding ortho intramolecular Hbond substituents is 1. The lowest BCUT2D eigenvalue weighted by Crippen LogP contribution is -2.47. The van der Waals surface area contributed by atoms with Crippen molar-refractivity contribution in [2.45, 2.75) is 102 Å². The molecule has 3 heteroatoms. The second-order valence-electron chi connectivity index (χ2n) is 10.7. The Morgan fingerprint density at radius 1 is 1.00 bits per heavy atom. The van der Waals surface area contributed by atoms with Crippen molar-refractivity contribution in [1.82, 2.24) is 0 Å². The van der Waals surface area contributed by atoms with Crippen LogP contribution in [0.15, 0.2) is 18.2 Å². The zero-order valence-corrected chi connectivity index (χ0v) is 20.4. The normalized spacial score (nSPS) is 35.0. The van der Waals surface area contributed by atoms with Crippen molar-refractivity contribution < 1.29 is 10.2 Å². The van der Waals surface area contributed by atoms with Gasteiger partial charge in [-0.25, -0.2) is 0 Å². The van der Waals surface area contributed by atoms with Gasteiger partial charge < -0.3 is 10.2 Å². The van der Waals surface area contributed by atoms with Crippen LogP contribution in [-0.2, 0) is 6.42 Å². The molecule has 30 heavy (non-hydrogen) atoms. The number of aromatic hydroxyl groups is 1. The Balaban J connectivity index is 1.43. The molecule has 168 valence electrons. The Bertz CT molecular complexity index is 704. The standard InChI is InChI=1S/C27H41BrO2/c1-27-15-14-23-22-11-10-21(29)18-20(22)17-19(26(23)24(27)12-13-25(27)30)9-7-5-3-2-4-6-8-16-28/h10-11,18-19,23-26,29-30H,2-9,12-17H2,1H3/t19-,23?,24?,25-,26?,27+/m1/s1. The molecule has 3 aliphatic rings. The van der Waals surface area contributed by atoms with Crippen molar-refractivity contribution in [1.29, 1.82) is 0 Å². The first-order chi connectivity index (χ1) is 14.5. The van der Waals surface area contributed by atoms with Gasteiger partial charge in [0.2, 0.25) is 0 Å². The van der Waals surface area contributed by atoms with Gasteiger partial charge >= 0.3 is 0 Å². The Kier molecular flexibility index (Phi) is 7.51. The van der Waals surface area contributed by atoms with Crippen molar-refractivity contribution in [3.8, 4) is 5.75 Å². The molecule has 1 aromatic carbocycles. The van der Waals surface area contributed by atoms with E-state index in [0.29, 0.717) is 23.5 Å². The molecule has 0 radical (unpaired) electrons. The first-order valence-corrected chi connectivity index (χ1v) is 13.7. The maximum absolute atomic E-state index is 10.8. The highest BCUT2D eigenvalue weighted by molar-refractivity contribution is 9.09. The van der Waals surface area contributed by atoms with Crippen LogP contribution in [-0.4, -0.2) is 21.6 Å². The second kappa shape index (κ2) is 9.94. The lowest BCUT2D eigenvalue weighted by molar-refractivity contribution is -0.0396. The maximum Gasteiger partial charge on any atom is 0.115 e. The summed E-state index contributed by atoms with van der Waals surface area (Å²) in [5.74, 6) is 3.16. The van der Waals surface area contributed by atoms with Crippen molar-refractivity contribution in [3.05, 3.63) is 29.3 Å². The Hall–Kier alpha value is -0.540. The molecule has 1 aromatic rings. The van der Waals surface area contributed by atoms with E-state index in [4.69, 9.17) is 0 Å². The van der Waals surface area contributed by atoms with Gasteiger partial charge in [-0.2, -0.15) is 0 Å². The van der Waals surface area contributed by atoms with Crippen LogP contribution in [0.4, 0.5) is 0 Å². The second-order valence-corrected chi connectivity index (χ2v) is 11.5. The number of alkyl halides is 1. The Morgan fingerprint density at radius 3 is 2.50 bits per heavy atom. The summed E-state index contributed by atoms with van der Waals surface area (Å²) >= 11 is 3.53. The highest BCUT2D eigenvalue weighted by Crippen LogP contribution is 2.62. The van der Waals surface area contributed by atoms with Crippen LogP contribution < -0.4 is 0 Å². The molecule has 2 saturated carbocycles. The molecule has 6 atom stereocenters. The molecule has 0 aromatic heterocycles. The highest BCUT2D eigenvalue weighted by atomic mass is 79.9. The Morgan fingerprint density at radius 2 is 1.73 bits per heavy atom. The van der Waals surface area contributed by atoms with Gasteiger partial charge in [0, 0.05) is 5.33 Å². The number of phenols is 1. The SMILES string of the molecule is C[C@]12CCC3c4ccc(O)cc4C[C@@H](CCCCCCCCCBr)C3C1CC[C@H]2O. The topological polar surface area (TPSA) is 40.5 Å². The summed E-state index contributed by atoms with van der Waals surface area (Å²) in [6.07, 6.45) is 16.4. The molecular formula is C27H41BrO2. The molecule has 0 aliphatic heterocycles. The zero-order chi connectivity index (χ0) is 21.1. The van der Waals surface area contributed by atoms with Gasteiger partial charge in [-0.15, -0.1) is 0 Å². The van der Waals surface area contributed by atoms with E-state index in [-0.39, 0.29) is 11.5 Å². The van der Waals surface area contributed by atoms with E-state index < -0.39 is 0 Å². The fourth-order valence-electron chi connectivity index (χ4n) is 7.42. The average Bonchev–Trinajstić information content (AvgIpc) is 3.04. The minimum absolute atomic E-state index is 0.107. The van der Waals surface area contributed by atoms with Crippen LogP contribution in [0.3, 0.4) is 0 Å². The van der Waals surface area contributed by atoms with Crippen LogP contribution in [0.1, 0.15) is 101 Å². The van der Waals surface area contributed by atoms with E-state index in [1.165, 1.54) is 75.3 Å². The van der Waals surface area contributed by atoms with E-state index in [9.17, 15) is 10.2 Å². The number of hydrogen-bond acceptors (Lipinski definition) is 2. The molecular weight excluding hydrogens is 436 g/mol. The number of benzene rings is 1. The lowest BCUT2D eigenvalue weighted by Gasteiger charge is -2.53. The fraction of sp³-hybridized carbons (Fsp3) is 0.778. The van der Waals surface area contributed by atoms with E-state index in [1.54, 1.807) is 0 Å². The van der Waals surface area contributed by atoms with Gasteiger partial charge in [0.1, 0.15) is 5.75 Å². The third kappa shape index (κ3) is 4.49. The fourth-order valence-corrected chi connectivity index (χ4v) is 7.81. The van der Waals surface area contributed by atoms with Crippen LogP contribution in [0.5, 0.6) is 5.75 Å². The van der Waals surface area contributed by atoms with Gasteiger partial charge in [-0.3, -0.25) is 0 Å².